The van der Waals surface area contributed by atoms with Crippen molar-refractivity contribution in [2.45, 2.75) is 65.2 Å². The maximum Gasteiger partial charge on any atom is 0.329 e. The van der Waals surface area contributed by atoms with Crippen LogP contribution in [0, 0.1) is 0 Å². The molecule has 16 heavy (non-hydrogen) atoms. The van der Waals surface area contributed by atoms with Crippen molar-refractivity contribution in [3.8, 4) is 0 Å². The number of hydrogen-bond acceptors (Lipinski definition) is 3. The largest absolute Gasteiger partial charge is 0.329 e. The molecule has 0 bridgehead atoms. The highest BCUT2D eigenvalue weighted by Crippen LogP contribution is 2.33. The molecule has 0 unspecified atom stereocenters. The van der Waals surface area contributed by atoms with Gasteiger partial charge in [-0.3, -0.25) is 0 Å². The fourth-order valence-electron chi connectivity index (χ4n) is 1.38. The van der Waals surface area contributed by atoms with Crippen LogP contribution in [0.25, 0.3) is 0 Å². The monoisotopic (exact) mass is 250 g/mol. The predicted molar refractivity (Wildman–Crippen MR) is 69.3 cm³/mol. The van der Waals surface area contributed by atoms with Crippen molar-refractivity contribution in [1.29, 1.82) is 0 Å². The predicted octanol–water partition coefficient (Wildman–Crippen LogP) is 4.40. The molecule has 0 aliphatic rings. The fourth-order valence-corrected chi connectivity index (χ4v) is 2.03. The average Bonchev–Trinajstić information content (AvgIpc) is 2.28. The molecule has 0 aliphatic heterocycles. The van der Waals surface area contributed by atoms with E-state index in [0.29, 0.717) is 13.2 Å². The van der Waals surface area contributed by atoms with Gasteiger partial charge >= 0.3 is 8.60 Å². The molecule has 3 nitrogen and oxygen atoms in total. The van der Waals surface area contributed by atoms with Gasteiger partial charge in [-0.2, -0.15) is 0 Å². The van der Waals surface area contributed by atoms with Gasteiger partial charge in [0.1, 0.15) is 0 Å². The molecular formula is C12H27O3P. The first-order chi connectivity index (χ1) is 7.81. The highest BCUT2D eigenvalue weighted by Gasteiger charge is 2.05. The molecule has 1 N–H and O–H groups in total. The topological polar surface area (TPSA) is 38.7 Å². The normalized spacial score (nSPS) is 11.2. The highest BCUT2D eigenvalue weighted by molar-refractivity contribution is 7.40. The van der Waals surface area contributed by atoms with Crippen molar-refractivity contribution in [2.75, 3.05) is 13.2 Å². The Bertz CT molecular complexity index is 119. The van der Waals surface area contributed by atoms with E-state index in [1.54, 1.807) is 0 Å². The molecule has 0 aromatic heterocycles. The van der Waals surface area contributed by atoms with Crippen LogP contribution in [-0.2, 0) is 9.05 Å². The van der Waals surface area contributed by atoms with Crippen LogP contribution in [-0.4, -0.2) is 18.1 Å². The molecule has 0 spiro atoms. The second-order valence-corrected chi connectivity index (χ2v) is 5.02. The van der Waals surface area contributed by atoms with Crippen LogP contribution in [0.5, 0.6) is 0 Å². The van der Waals surface area contributed by atoms with E-state index in [4.69, 9.17) is 9.05 Å². The van der Waals surface area contributed by atoms with E-state index in [-0.39, 0.29) is 0 Å². The van der Waals surface area contributed by atoms with Crippen molar-refractivity contribution in [3.63, 3.8) is 0 Å². The van der Waals surface area contributed by atoms with E-state index in [1.165, 1.54) is 38.5 Å². The third kappa shape index (κ3) is 12.4. The van der Waals surface area contributed by atoms with E-state index < -0.39 is 8.60 Å². The van der Waals surface area contributed by atoms with E-state index in [9.17, 15) is 4.89 Å². The second-order valence-electron chi connectivity index (χ2n) is 4.03. The molecule has 4 heteroatoms. The Morgan fingerprint density at radius 3 is 1.56 bits per heavy atom. The summed E-state index contributed by atoms with van der Waals surface area (Å²) in [4.78, 5) is 9.38. The molecular weight excluding hydrogens is 223 g/mol. The lowest BCUT2D eigenvalue weighted by atomic mass is 10.2. The summed E-state index contributed by atoms with van der Waals surface area (Å²) in [6, 6.07) is 0. The van der Waals surface area contributed by atoms with E-state index in [2.05, 4.69) is 13.8 Å². The summed E-state index contributed by atoms with van der Waals surface area (Å²) in [6.45, 7) is 5.60. The van der Waals surface area contributed by atoms with Crippen LogP contribution in [0.2, 0.25) is 0 Å². The lowest BCUT2D eigenvalue weighted by Crippen LogP contribution is -1.95. The Kier molecular flexibility index (Phi) is 13.6. The summed E-state index contributed by atoms with van der Waals surface area (Å²) in [6.07, 6.45) is 9.32. The van der Waals surface area contributed by atoms with Gasteiger partial charge in [0, 0.05) is 0 Å². The molecule has 98 valence electrons. The SMILES string of the molecule is CCCCCCOP(O)OCCCCCC. The van der Waals surface area contributed by atoms with Gasteiger partial charge < -0.3 is 13.9 Å². The van der Waals surface area contributed by atoms with Gasteiger partial charge in [0.05, 0.1) is 13.2 Å². The van der Waals surface area contributed by atoms with Gasteiger partial charge in [-0.25, -0.2) is 0 Å². The Morgan fingerprint density at radius 1 is 0.750 bits per heavy atom. The Hall–Kier alpha value is 0.310. The molecule has 0 saturated carbocycles. The molecule has 0 atom stereocenters. The lowest BCUT2D eigenvalue weighted by Gasteiger charge is -2.10. The quantitative estimate of drug-likeness (QED) is 0.412. The summed E-state index contributed by atoms with van der Waals surface area (Å²) < 4.78 is 10.4. The molecule has 0 amide bonds. The molecule has 0 aromatic carbocycles. The third-order valence-electron chi connectivity index (χ3n) is 2.40. The van der Waals surface area contributed by atoms with Crippen LogP contribution >= 0.6 is 8.60 Å². The van der Waals surface area contributed by atoms with Crippen molar-refractivity contribution < 1.29 is 13.9 Å². The van der Waals surface area contributed by atoms with Crippen LogP contribution in [0.3, 0.4) is 0 Å². The standard InChI is InChI=1S/C12H27O3P/c1-3-5-7-9-11-14-16(13)15-12-10-8-6-4-2/h13H,3-12H2,1-2H3. The summed E-state index contributed by atoms with van der Waals surface area (Å²) in [5.74, 6) is 0. The van der Waals surface area contributed by atoms with Gasteiger partial charge in [0.25, 0.3) is 0 Å². The summed E-state index contributed by atoms with van der Waals surface area (Å²) in [7, 11) is -1.62. The van der Waals surface area contributed by atoms with Gasteiger partial charge in [-0.05, 0) is 12.8 Å². The minimum absolute atomic E-state index is 0.622. The van der Waals surface area contributed by atoms with Gasteiger partial charge in [-0.1, -0.05) is 52.4 Å². The van der Waals surface area contributed by atoms with Crippen molar-refractivity contribution >= 4 is 8.60 Å². The number of hydrogen-bond donors (Lipinski definition) is 1. The Morgan fingerprint density at radius 2 is 1.19 bits per heavy atom. The lowest BCUT2D eigenvalue weighted by molar-refractivity contribution is 0.194. The molecule has 0 radical (unpaired) electrons. The Balaban J connectivity index is 3.09. The van der Waals surface area contributed by atoms with Crippen molar-refractivity contribution in [2.24, 2.45) is 0 Å². The highest BCUT2D eigenvalue weighted by atomic mass is 31.2. The Labute approximate surface area is 102 Å². The zero-order valence-electron chi connectivity index (χ0n) is 10.8. The molecule has 0 fully saturated rings. The van der Waals surface area contributed by atoms with Crippen LogP contribution in [0.4, 0.5) is 0 Å². The van der Waals surface area contributed by atoms with Crippen molar-refractivity contribution in [1.82, 2.24) is 0 Å². The summed E-state index contributed by atoms with van der Waals surface area (Å²) >= 11 is 0. The molecule has 0 aliphatic carbocycles. The first-order valence-electron chi connectivity index (χ1n) is 6.56. The van der Waals surface area contributed by atoms with Gasteiger partial charge in [0.2, 0.25) is 0 Å². The summed E-state index contributed by atoms with van der Waals surface area (Å²) in [5, 5.41) is 0. The third-order valence-corrected chi connectivity index (χ3v) is 3.21. The first kappa shape index (κ1) is 16.3. The minimum atomic E-state index is -1.62. The zero-order chi connectivity index (χ0) is 12.1. The minimum Gasteiger partial charge on any atom is -0.328 e. The molecule has 0 rings (SSSR count). The summed E-state index contributed by atoms with van der Waals surface area (Å²) in [5.41, 5.74) is 0. The smallest absolute Gasteiger partial charge is 0.328 e. The average molecular weight is 250 g/mol. The van der Waals surface area contributed by atoms with Crippen LogP contribution in [0.15, 0.2) is 0 Å². The van der Waals surface area contributed by atoms with E-state index >= 15 is 0 Å². The first-order valence-corrected chi connectivity index (χ1v) is 7.69. The fraction of sp³-hybridized carbons (Fsp3) is 1.00. The van der Waals surface area contributed by atoms with Crippen molar-refractivity contribution in [3.05, 3.63) is 0 Å². The number of unbranched alkanes of at least 4 members (excludes halogenated alkanes) is 6. The molecule has 0 saturated heterocycles. The van der Waals surface area contributed by atoms with Crippen LogP contribution < -0.4 is 0 Å². The van der Waals surface area contributed by atoms with Crippen LogP contribution in [0.1, 0.15) is 65.2 Å². The van der Waals surface area contributed by atoms with E-state index in [0.717, 1.165) is 12.8 Å². The second kappa shape index (κ2) is 13.4. The number of rotatable bonds is 12. The maximum atomic E-state index is 9.38. The van der Waals surface area contributed by atoms with Gasteiger partial charge in [-0.15, -0.1) is 0 Å². The van der Waals surface area contributed by atoms with E-state index in [1.807, 2.05) is 0 Å². The maximum absolute atomic E-state index is 9.38. The van der Waals surface area contributed by atoms with Gasteiger partial charge in [0.15, 0.2) is 0 Å². The molecule has 0 aromatic rings. The zero-order valence-corrected chi connectivity index (χ0v) is 11.7. The molecule has 0 heterocycles.